The lowest BCUT2D eigenvalue weighted by Gasteiger charge is -2.19. The first kappa shape index (κ1) is 28.8. The SMILES string of the molecule is CS.CSC.Cn1cc(-c2cc(OC3=C(F)CNCC3)c3c(Nc4ccc5ncsc5c4)ncnc3c2)cn1. The van der Waals surface area contributed by atoms with Gasteiger partial charge in [-0.05, 0) is 54.7 Å². The molecule has 0 aliphatic carbocycles. The minimum absolute atomic E-state index is 0.159. The summed E-state index contributed by atoms with van der Waals surface area (Å²) in [6.07, 6.45) is 11.4. The largest absolute Gasteiger partial charge is 0.458 e. The maximum absolute atomic E-state index is 14.6. The molecule has 12 heteroatoms. The Hall–Kier alpha value is -3.19. The Morgan fingerprint density at radius 1 is 1.10 bits per heavy atom. The van der Waals surface area contributed by atoms with Crippen molar-refractivity contribution < 1.29 is 9.13 Å². The number of halogens is 1. The van der Waals surface area contributed by atoms with Gasteiger partial charge in [-0.1, -0.05) is 0 Å². The highest BCUT2D eigenvalue weighted by molar-refractivity contribution is 7.97. The molecule has 6 rings (SSSR count). The van der Waals surface area contributed by atoms with Crippen LogP contribution in [0.4, 0.5) is 15.9 Å². The summed E-state index contributed by atoms with van der Waals surface area (Å²) in [5.74, 6) is 1.10. The number of nitrogens with zero attached hydrogens (tertiary/aromatic N) is 5. The van der Waals surface area contributed by atoms with Crippen molar-refractivity contribution in [2.45, 2.75) is 6.42 Å². The number of thiol groups is 1. The number of thiazole rings is 1. The van der Waals surface area contributed by atoms with Crippen LogP contribution in [-0.4, -0.2) is 56.6 Å². The van der Waals surface area contributed by atoms with Crippen LogP contribution in [-0.2, 0) is 7.05 Å². The number of aryl methyl sites for hydroxylation is 1. The van der Waals surface area contributed by atoms with Crippen LogP contribution in [0, 0.1) is 0 Å². The Bertz CT molecular complexity index is 1580. The maximum Gasteiger partial charge on any atom is 0.152 e. The number of nitrogens with one attached hydrogen (secondary N) is 2. The zero-order chi connectivity index (χ0) is 27.8. The summed E-state index contributed by atoms with van der Waals surface area (Å²) in [6.45, 7) is 0.811. The molecule has 8 nitrogen and oxygen atoms in total. The van der Waals surface area contributed by atoms with Gasteiger partial charge in [0.1, 0.15) is 23.7 Å². The monoisotopic (exact) mass is 583 g/mol. The maximum atomic E-state index is 14.6. The molecule has 0 spiro atoms. The number of hydrogen-bond acceptors (Lipinski definition) is 10. The molecule has 0 saturated heterocycles. The highest BCUT2D eigenvalue weighted by atomic mass is 32.2. The predicted octanol–water partition coefficient (Wildman–Crippen LogP) is 6.46. The molecule has 0 amide bonds. The molecule has 1 aliphatic heterocycles. The highest BCUT2D eigenvalue weighted by Gasteiger charge is 2.19. The third kappa shape index (κ3) is 6.88. The van der Waals surface area contributed by atoms with Gasteiger partial charge in [-0.25, -0.2) is 19.3 Å². The van der Waals surface area contributed by atoms with E-state index in [1.54, 1.807) is 40.2 Å². The van der Waals surface area contributed by atoms with Gasteiger partial charge in [0.15, 0.2) is 5.83 Å². The lowest BCUT2D eigenvalue weighted by Crippen LogP contribution is -2.25. The van der Waals surface area contributed by atoms with E-state index in [2.05, 4.69) is 43.3 Å². The molecule has 0 bridgehead atoms. The summed E-state index contributed by atoms with van der Waals surface area (Å²) in [6, 6.07) is 9.80. The molecule has 2 N–H and O–H groups in total. The summed E-state index contributed by atoms with van der Waals surface area (Å²) in [5, 5.41) is 11.4. The van der Waals surface area contributed by atoms with Gasteiger partial charge in [-0.3, -0.25) is 4.68 Å². The normalized spacial score (nSPS) is 13.0. The van der Waals surface area contributed by atoms with Crippen LogP contribution in [0.2, 0.25) is 0 Å². The van der Waals surface area contributed by atoms with E-state index < -0.39 is 0 Å². The number of aromatic nitrogens is 5. The molecule has 0 saturated carbocycles. The van der Waals surface area contributed by atoms with Gasteiger partial charge in [-0.2, -0.15) is 29.5 Å². The number of fused-ring (bicyclic) bond motifs is 2. The molecule has 0 unspecified atom stereocenters. The van der Waals surface area contributed by atoms with E-state index in [1.807, 2.05) is 61.6 Å². The first-order valence-corrected chi connectivity index (χ1v) is 15.5. The van der Waals surface area contributed by atoms with Crippen molar-refractivity contribution in [1.29, 1.82) is 0 Å². The summed E-state index contributed by atoms with van der Waals surface area (Å²) >= 11 is 6.85. The molecular weight excluding hydrogens is 554 g/mol. The molecule has 4 heterocycles. The Labute approximate surface area is 240 Å². The standard InChI is InChI=1S/C24H20FN7OS.C2H6S.CH4S/c1-32-11-15(9-30-32)14-6-19-23(21(7-14)33-20-4-5-26-10-17(20)25)24(28-12-27-19)31-16-2-3-18-22(8-16)34-13-29-18;1-3-2;1-2/h2-3,6-9,11-13,26H,4-5,10H2,1H3,(H,27,28,31);1-2H3;2H,1H3. The topological polar surface area (TPSA) is 89.8 Å². The first-order chi connectivity index (χ1) is 19.1. The van der Waals surface area contributed by atoms with Crippen LogP contribution in [0.5, 0.6) is 5.75 Å². The van der Waals surface area contributed by atoms with Crippen molar-refractivity contribution >= 4 is 68.4 Å². The van der Waals surface area contributed by atoms with Crippen LogP contribution in [0.15, 0.2) is 66.1 Å². The average Bonchev–Trinajstić information content (AvgIpc) is 3.60. The summed E-state index contributed by atoms with van der Waals surface area (Å²) in [5.41, 5.74) is 6.11. The van der Waals surface area contributed by atoms with Gasteiger partial charge in [0.25, 0.3) is 0 Å². The third-order valence-electron chi connectivity index (χ3n) is 5.68. The fraction of sp³-hybridized carbons (Fsp3) is 0.259. The average molecular weight is 584 g/mol. The van der Waals surface area contributed by atoms with Gasteiger partial charge in [0.05, 0.1) is 39.4 Å². The number of anilines is 2. The lowest BCUT2D eigenvalue weighted by atomic mass is 10.1. The lowest BCUT2D eigenvalue weighted by molar-refractivity contribution is 0.351. The van der Waals surface area contributed by atoms with E-state index in [0.717, 1.165) is 27.0 Å². The highest BCUT2D eigenvalue weighted by Crippen LogP contribution is 2.38. The van der Waals surface area contributed by atoms with Crippen LogP contribution in [0.25, 0.3) is 32.2 Å². The predicted molar refractivity (Wildman–Crippen MR) is 165 cm³/mol. The van der Waals surface area contributed by atoms with Crippen molar-refractivity contribution in [3.63, 3.8) is 0 Å². The number of rotatable bonds is 5. The van der Waals surface area contributed by atoms with Crippen molar-refractivity contribution in [2.75, 3.05) is 37.2 Å². The molecule has 1 aliphatic rings. The molecule has 0 radical (unpaired) electrons. The second kappa shape index (κ2) is 13.7. The number of ether oxygens (including phenoxy) is 1. The van der Waals surface area contributed by atoms with E-state index in [0.29, 0.717) is 41.2 Å². The van der Waals surface area contributed by atoms with Gasteiger partial charge in [0.2, 0.25) is 0 Å². The van der Waals surface area contributed by atoms with Crippen molar-refractivity contribution in [2.24, 2.45) is 7.05 Å². The molecule has 3 aromatic heterocycles. The molecule has 204 valence electrons. The quantitative estimate of drug-likeness (QED) is 0.203. The molecule has 2 aromatic carbocycles. The number of hydrogen-bond donors (Lipinski definition) is 3. The van der Waals surface area contributed by atoms with Gasteiger partial charge >= 0.3 is 0 Å². The summed E-state index contributed by atoms with van der Waals surface area (Å²) in [7, 11) is 1.86. The first-order valence-electron chi connectivity index (χ1n) is 12.0. The fourth-order valence-corrected chi connectivity index (χ4v) is 4.73. The summed E-state index contributed by atoms with van der Waals surface area (Å²) in [4.78, 5) is 13.3. The molecule has 0 atom stereocenters. The summed E-state index contributed by atoms with van der Waals surface area (Å²) < 4.78 is 23.6. The third-order valence-corrected chi connectivity index (χ3v) is 6.47. The Morgan fingerprint density at radius 3 is 2.67 bits per heavy atom. The van der Waals surface area contributed by atoms with Crippen LogP contribution < -0.4 is 15.4 Å². The van der Waals surface area contributed by atoms with E-state index >= 15 is 0 Å². The minimum atomic E-state index is -0.298. The molecule has 0 fully saturated rings. The molecule has 39 heavy (non-hydrogen) atoms. The van der Waals surface area contributed by atoms with Crippen LogP contribution in [0.3, 0.4) is 0 Å². The molecule has 5 aromatic rings. The van der Waals surface area contributed by atoms with E-state index in [4.69, 9.17) is 4.74 Å². The number of thioether (sulfide) groups is 1. The fourth-order valence-electron chi connectivity index (χ4n) is 4.01. The number of benzene rings is 2. The Balaban J connectivity index is 0.000000662. The van der Waals surface area contributed by atoms with Crippen molar-refractivity contribution in [3.05, 3.63) is 66.1 Å². The van der Waals surface area contributed by atoms with Gasteiger partial charge in [0, 0.05) is 37.5 Å². The second-order valence-electron chi connectivity index (χ2n) is 8.42. The smallest absolute Gasteiger partial charge is 0.152 e. The Morgan fingerprint density at radius 2 is 1.92 bits per heavy atom. The van der Waals surface area contributed by atoms with Crippen molar-refractivity contribution in [3.8, 4) is 16.9 Å². The van der Waals surface area contributed by atoms with E-state index in [-0.39, 0.29) is 12.4 Å². The van der Waals surface area contributed by atoms with Crippen LogP contribution in [0.1, 0.15) is 6.42 Å². The zero-order valence-corrected chi connectivity index (χ0v) is 24.6. The van der Waals surface area contributed by atoms with Gasteiger partial charge < -0.3 is 15.4 Å². The second-order valence-corrected chi connectivity index (χ2v) is 10.1. The van der Waals surface area contributed by atoms with Crippen LogP contribution >= 0.6 is 35.7 Å². The minimum Gasteiger partial charge on any atom is -0.458 e. The van der Waals surface area contributed by atoms with E-state index in [1.165, 1.54) is 6.33 Å². The van der Waals surface area contributed by atoms with Crippen molar-refractivity contribution in [1.82, 2.24) is 30.0 Å². The van der Waals surface area contributed by atoms with E-state index in [9.17, 15) is 4.39 Å². The Kier molecular flexibility index (Phi) is 10.2. The zero-order valence-electron chi connectivity index (χ0n) is 22.1. The van der Waals surface area contributed by atoms with Gasteiger partial charge in [-0.15, -0.1) is 11.3 Å². The molecular formula is C27H30FN7OS3.